The van der Waals surface area contributed by atoms with Crippen molar-refractivity contribution in [2.75, 3.05) is 26.3 Å². The Morgan fingerprint density at radius 1 is 0.643 bits per heavy atom. The molecule has 2 aliphatic heterocycles. The molecule has 2 saturated heterocycles. The van der Waals surface area contributed by atoms with Crippen molar-refractivity contribution in [3.05, 3.63) is 12.2 Å². The lowest BCUT2D eigenvalue weighted by molar-refractivity contribution is -0.166. The Bertz CT molecular complexity index is 738. The minimum Gasteiger partial charge on any atom is -0.396 e. The number of aliphatic hydroxyl groups is 2. The molecule has 4 amide bonds. The molecule has 8 atom stereocenters. The van der Waals surface area contributed by atoms with Crippen LogP contribution in [0.25, 0.3) is 0 Å². The minimum absolute atomic E-state index is 0.0635. The maximum Gasteiger partial charge on any atom is 0.233 e. The molecule has 2 saturated carbocycles. The van der Waals surface area contributed by atoms with Gasteiger partial charge in [-0.3, -0.25) is 29.0 Å². The van der Waals surface area contributed by atoms with Crippen LogP contribution in [0, 0.1) is 47.3 Å². The van der Waals surface area contributed by atoms with Gasteiger partial charge in [0.05, 0.1) is 23.7 Å². The van der Waals surface area contributed by atoms with Crippen LogP contribution in [0.2, 0.25) is 0 Å². The van der Waals surface area contributed by atoms with E-state index in [1.165, 1.54) is 9.80 Å². The molecular weight excluding hydrogens is 364 g/mol. The number of aliphatic hydroxyl groups excluding tert-OH is 2. The lowest BCUT2D eigenvalue weighted by Gasteiger charge is -2.60. The molecule has 8 nitrogen and oxygen atoms in total. The largest absolute Gasteiger partial charge is 0.396 e. The van der Waals surface area contributed by atoms with Crippen LogP contribution < -0.4 is 0 Å². The maximum absolute atomic E-state index is 13.0. The summed E-state index contributed by atoms with van der Waals surface area (Å²) in [6, 6.07) is 0. The summed E-state index contributed by atoms with van der Waals surface area (Å²) in [5.41, 5.74) is 0. The van der Waals surface area contributed by atoms with Crippen molar-refractivity contribution in [3.8, 4) is 0 Å². The number of carbonyl (C=O) groups excluding carboxylic acids is 4. The fourth-order valence-electron chi connectivity index (χ4n) is 6.62. The highest BCUT2D eigenvalue weighted by Gasteiger charge is 2.74. The standard InChI is InChI=1S/C20H24N2O6/c23-7-1-5-21-17(25)13-9-3-4-10(14(13)18(21)26)12-11(9)15-16(12)20(28)22(19(15)27)6-2-8-24/h3-4,9-16,23-24H,1-2,5-8H2/t9-,10+,11-,12-,13+,14-,15-,16-/m0/s1. The van der Waals surface area contributed by atoms with Gasteiger partial charge in [0.15, 0.2) is 0 Å². The molecule has 0 aromatic heterocycles. The van der Waals surface area contributed by atoms with E-state index in [2.05, 4.69) is 0 Å². The van der Waals surface area contributed by atoms with Gasteiger partial charge in [-0.25, -0.2) is 0 Å². The fourth-order valence-corrected chi connectivity index (χ4v) is 6.62. The van der Waals surface area contributed by atoms with Crippen molar-refractivity contribution in [2.45, 2.75) is 12.8 Å². The summed E-state index contributed by atoms with van der Waals surface area (Å²) in [4.78, 5) is 54.2. The van der Waals surface area contributed by atoms with Gasteiger partial charge < -0.3 is 10.2 Å². The van der Waals surface area contributed by atoms with Crippen molar-refractivity contribution in [1.82, 2.24) is 9.80 Å². The van der Waals surface area contributed by atoms with Crippen LogP contribution in [0.4, 0.5) is 0 Å². The number of amides is 4. The van der Waals surface area contributed by atoms with E-state index in [4.69, 9.17) is 10.2 Å². The second-order valence-electron chi connectivity index (χ2n) is 8.61. The van der Waals surface area contributed by atoms with E-state index < -0.39 is 23.7 Å². The van der Waals surface area contributed by atoms with Crippen molar-refractivity contribution >= 4 is 23.6 Å². The van der Waals surface area contributed by atoms with Crippen LogP contribution in [-0.2, 0) is 19.2 Å². The zero-order valence-electron chi connectivity index (χ0n) is 15.4. The molecule has 0 unspecified atom stereocenters. The van der Waals surface area contributed by atoms with E-state index >= 15 is 0 Å². The molecule has 6 aliphatic rings. The van der Waals surface area contributed by atoms with E-state index in [1.54, 1.807) is 0 Å². The Kier molecular flexibility index (Phi) is 4.00. The fraction of sp³-hybridized carbons (Fsp3) is 0.700. The lowest BCUT2D eigenvalue weighted by atomic mass is 9.40. The van der Waals surface area contributed by atoms with Crippen LogP contribution in [0.3, 0.4) is 0 Å². The molecular formula is C20H24N2O6. The summed E-state index contributed by atoms with van der Waals surface area (Å²) in [6.07, 6.45) is 4.68. The van der Waals surface area contributed by atoms with Gasteiger partial charge in [0.2, 0.25) is 23.6 Å². The van der Waals surface area contributed by atoms with Crippen LogP contribution >= 0.6 is 0 Å². The minimum atomic E-state index is -0.446. The van der Waals surface area contributed by atoms with Crippen molar-refractivity contribution in [2.24, 2.45) is 47.3 Å². The average Bonchev–Trinajstić information content (AvgIpc) is 3.03. The predicted molar refractivity (Wildman–Crippen MR) is 93.9 cm³/mol. The van der Waals surface area contributed by atoms with Gasteiger partial charge in [-0.15, -0.1) is 0 Å². The number of imide groups is 2. The zero-order valence-corrected chi connectivity index (χ0v) is 15.4. The molecule has 0 aromatic carbocycles. The van der Waals surface area contributed by atoms with E-state index in [0.29, 0.717) is 12.8 Å². The van der Waals surface area contributed by atoms with Crippen molar-refractivity contribution in [3.63, 3.8) is 0 Å². The number of allylic oxidation sites excluding steroid dienone is 2. The van der Waals surface area contributed by atoms with Crippen molar-refractivity contribution < 1.29 is 29.4 Å². The highest BCUT2D eigenvalue weighted by atomic mass is 16.3. The molecule has 8 heteroatoms. The van der Waals surface area contributed by atoms with Gasteiger partial charge in [0.25, 0.3) is 0 Å². The second kappa shape index (κ2) is 6.22. The van der Waals surface area contributed by atoms with E-state index in [0.717, 1.165) is 0 Å². The zero-order chi connectivity index (χ0) is 19.7. The number of nitrogens with zero attached hydrogens (tertiary/aromatic N) is 2. The monoisotopic (exact) mass is 388 g/mol. The third-order valence-electron chi connectivity index (χ3n) is 7.61. The number of carbonyl (C=O) groups is 4. The first-order valence-corrected chi connectivity index (χ1v) is 10.1. The van der Waals surface area contributed by atoms with Crippen LogP contribution in [0.1, 0.15) is 12.8 Å². The average molecular weight is 388 g/mol. The Balaban J connectivity index is 1.45. The summed E-state index contributed by atoms with van der Waals surface area (Å²) in [7, 11) is 0. The smallest absolute Gasteiger partial charge is 0.233 e. The number of likely N-dealkylation sites (tertiary alicyclic amines) is 2. The molecule has 150 valence electrons. The van der Waals surface area contributed by atoms with Crippen LogP contribution in [-0.4, -0.2) is 69.9 Å². The molecule has 2 heterocycles. The lowest BCUT2D eigenvalue weighted by Crippen LogP contribution is -2.63. The number of hydrogen-bond donors (Lipinski definition) is 2. The van der Waals surface area contributed by atoms with E-state index in [-0.39, 0.29) is 73.6 Å². The van der Waals surface area contributed by atoms with Gasteiger partial charge in [-0.1, -0.05) is 12.2 Å². The quantitative estimate of drug-likeness (QED) is 0.446. The van der Waals surface area contributed by atoms with Crippen LogP contribution in [0.5, 0.6) is 0 Å². The third kappa shape index (κ3) is 2.02. The van der Waals surface area contributed by atoms with E-state index in [9.17, 15) is 19.2 Å². The first-order chi connectivity index (χ1) is 13.5. The van der Waals surface area contributed by atoms with Crippen molar-refractivity contribution in [1.29, 1.82) is 0 Å². The van der Waals surface area contributed by atoms with Gasteiger partial charge in [0.1, 0.15) is 0 Å². The molecule has 0 aromatic rings. The third-order valence-corrected chi connectivity index (χ3v) is 7.61. The number of rotatable bonds is 6. The van der Waals surface area contributed by atoms with Gasteiger partial charge in [-0.05, 0) is 36.5 Å². The summed E-state index contributed by atoms with van der Waals surface area (Å²) in [5, 5.41) is 18.1. The summed E-state index contributed by atoms with van der Waals surface area (Å²) >= 11 is 0. The highest BCUT2D eigenvalue weighted by Crippen LogP contribution is 2.68. The highest BCUT2D eigenvalue weighted by molar-refractivity contribution is 6.09. The Hall–Kier alpha value is -2.06. The second-order valence-corrected chi connectivity index (χ2v) is 8.61. The van der Waals surface area contributed by atoms with E-state index in [1.807, 2.05) is 12.2 Å². The molecule has 2 N–H and O–H groups in total. The molecule has 6 rings (SSSR count). The maximum atomic E-state index is 13.0. The molecule has 2 bridgehead atoms. The molecule has 0 radical (unpaired) electrons. The van der Waals surface area contributed by atoms with Gasteiger partial charge in [-0.2, -0.15) is 0 Å². The first kappa shape index (κ1) is 18.0. The summed E-state index contributed by atoms with van der Waals surface area (Å²) in [5.74, 6) is -2.96. The Morgan fingerprint density at radius 2 is 1.00 bits per heavy atom. The normalized spacial score (nSPS) is 42.8. The molecule has 28 heavy (non-hydrogen) atoms. The summed E-state index contributed by atoms with van der Waals surface area (Å²) < 4.78 is 0. The summed E-state index contributed by atoms with van der Waals surface area (Å²) in [6.45, 7) is 0.279. The number of fused-ring (bicyclic) bond motifs is 1. The first-order valence-electron chi connectivity index (χ1n) is 10.1. The molecule has 0 spiro atoms. The number of hydrogen-bond acceptors (Lipinski definition) is 6. The topological polar surface area (TPSA) is 115 Å². The Labute approximate surface area is 162 Å². The van der Waals surface area contributed by atoms with Gasteiger partial charge >= 0.3 is 0 Å². The SMILES string of the molecule is O=C1[C@@H]2[C@H]3C=C[C@@H]([C@@H]2C(=O)N1CCCO)[C@@H]1[C@@H]2C(=O)N(CCCO)C(=O)[C@H]2[C@@H]31. The van der Waals surface area contributed by atoms with Gasteiger partial charge in [0, 0.05) is 26.3 Å². The molecule has 4 aliphatic carbocycles. The Morgan fingerprint density at radius 3 is 1.36 bits per heavy atom. The molecule has 4 fully saturated rings. The predicted octanol–water partition coefficient (Wildman–Crippen LogP) is -0.985. The van der Waals surface area contributed by atoms with Crippen LogP contribution in [0.15, 0.2) is 12.2 Å².